The highest BCUT2D eigenvalue weighted by Crippen LogP contribution is 2.03. The molecule has 0 saturated heterocycles. The molecule has 0 unspecified atom stereocenters. The van der Waals surface area contributed by atoms with E-state index in [1.54, 1.807) is 0 Å². The number of halogens is 1. The quantitative estimate of drug-likeness (QED) is 0.566. The van der Waals surface area contributed by atoms with Crippen molar-refractivity contribution in [3.63, 3.8) is 0 Å². The molecule has 3 nitrogen and oxygen atoms in total. The third-order valence-corrected chi connectivity index (χ3v) is 1.82. The van der Waals surface area contributed by atoms with Crippen LogP contribution in [0.15, 0.2) is 18.5 Å². The Balaban J connectivity index is 3.04. The van der Waals surface area contributed by atoms with Crippen molar-refractivity contribution in [1.29, 1.82) is 5.26 Å². The Kier molecular flexibility index (Phi) is 2.94. The minimum absolute atomic E-state index is 0.0698. The van der Waals surface area contributed by atoms with Gasteiger partial charge in [-0.2, -0.15) is 5.26 Å². The number of carbonyl (C=O) groups excluding carboxylic acids is 1. The first-order valence-corrected chi connectivity index (χ1v) is 4.34. The summed E-state index contributed by atoms with van der Waals surface area (Å²) in [5.41, 5.74) is 0.868. The Labute approximate surface area is 78.2 Å². The fourth-order valence-electron chi connectivity index (χ4n) is 0.731. The molecule has 0 aliphatic rings. The van der Waals surface area contributed by atoms with Gasteiger partial charge in [-0.25, -0.2) is 0 Å². The van der Waals surface area contributed by atoms with Crippen LogP contribution in [0.25, 0.3) is 0 Å². The van der Waals surface area contributed by atoms with E-state index in [0.717, 1.165) is 0 Å². The molecule has 12 heavy (non-hydrogen) atoms. The molecule has 4 heteroatoms. The predicted molar refractivity (Wildman–Crippen MR) is 47.1 cm³/mol. The van der Waals surface area contributed by atoms with Crippen molar-refractivity contribution in [3.05, 3.63) is 29.6 Å². The lowest BCUT2D eigenvalue weighted by Gasteiger charge is -1.94. The Hall–Kier alpha value is -1.21. The summed E-state index contributed by atoms with van der Waals surface area (Å²) in [6, 6.07) is 3.44. The summed E-state index contributed by atoms with van der Waals surface area (Å²) in [5.74, 6) is -0.0698. The van der Waals surface area contributed by atoms with E-state index < -0.39 is 0 Å². The maximum absolute atomic E-state index is 11.1. The third kappa shape index (κ3) is 1.89. The zero-order valence-electron chi connectivity index (χ0n) is 6.12. The number of pyridine rings is 1. The molecule has 0 saturated carbocycles. The maximum atomic E-state index is 11.1. The lowest BCUT2D eigenvalue weighted by molar-refractivity contribution is 0.102. The number of aromatic nitrogens is 1. The van der Waals surface area contributed by atoms with Gasteiger partial charge in [0.1, 0.15) is 6.07 Å². The van der Waals surface area contributed by atoms with Crippen molar-refractivity contribution in [3.8, 4) is 6.07 Å². The van der Waals surface area contributed by atoms with Crippen LogP contribution in [0.1, 0.15) is 15.9 Å². The van der Waals surface area contributed by atoms with E-state index in [1.165, 1.54) is 18.5 Å². The van der Waals surface area contributed by atoms with Gasteiger partial charge in [0.25, 0.3) is 0 Å². The minimum atomic E-state index is -0.0698. The molecule has 0 atom stereocenters. The Bertz CT molecular complexity index is 343. The lowest BCUT2D eigenvalue weighted by Crippen LogP contribution is -2.00. The van der Waals surface area contributed by atoms with Crippen molar-refractivity contribution >= 4 is 21.7 Å². The number of Topliss-reactive ketones (excluding diaryl/α,β-unsaturated/α-hetero) is 1. The average Bonchev–Trinajstić information content (AvgIpc) is 2.17. The number of nitriles is 1. The molecule has 0 aromatic carbocycles. The molecule has 1 heterocycles. The highest BCUT2D eigenvalue weighted by atomic mass is 79.9. The van der Waals surface area contributed by atoms with Gasteiger partial charge in [-0.1, -0.05) is 15.9 Å². The zero-order valence-corrected chi connectivity index (χ0v) is 7.71. The van der Waals surface area contributed by atoms with E-state index in [1.807, 2.05) is 6.07 Å². The maximum Gasteiger partial charge on any atom is 0.174 e. The van der Waals surface area contributed by atoms with E-state index in [-0.39, 0.29) is 11.1 Å². The van der Waals surface area contributed by atoms with Crippen molar-refractivity contribution < 1.29 is 4.79 Å². The third-order valence-electron chi connectivity index (χ3n) is 1.31. The molecular weight excluding hydrogens is 220 g/mol. The van der Waals surface area contributed by atoms with E-state index in [9.17, 15) is 4.79 Å². The molecule has 0 aliphatic carbocycles. The smallest absolute Gasteiger partial charge is 0.174 e. The van der Waals surface area contributed by atoms with Crippen molar-refractivity contribution in [1.82, 2.24) is 4.98 Å². The molecule has 0 N–H and O–H groups in total. The van der Waals surface area contributed by atoms with E-state index in [0.29, 0.717) is 11.1 Å². The van der Waals surface area contributed by atoms with Crippen LogP contribution >= 0.6 is 15.9 Å². The molecule has 0 spiro atoms. The standard InChI is InChI=1S/C8H5BrN2O/c9-2-8(12)7-1-6(3-10)4-11-5-7/h1,4-5H,2H2. The molecule has 1 aromatic heterocycles. The lowest BCUT2D eigenvalue weighted by atomic mass is 10.2. The summed E-state index contributed by atoms with van der Waals surface area (Å²) in [4.78, 5) is 14.8. The van der Waals surface area contributed by atoms with Gasteiger partial charge in [-0.05, 0) is 6.07 Å². The summed E-state index contributed by atoms with van der Waals surface area (Å²) in [5, 5.41) is 8.76. The SMILES string of the molecule is N#Cc1cncc(C(=O)CBr)c1. The number of hydrogen-bond donors (Lipinski definition) is 0. The number of carbonyl (C=O) groups is 1. The van der Waals surface area contributed by atoms with E-state index in [4.69, 9.17) is 5.26 Å². The second kappa shape index (κ2) is 3.98. The molecular formula is C8H5BrN2O. The number of alkyl halides is 1. The van der Waals surface area contributed by atoms with Crippen LogP contribution in [0.4, 0.5) is 0 Å². The van der Waals surface area contributed by atoms with Gasteiger partial charge in [-0.15, -0.1) is 0 Å². The van der Waals surface area contributed by atoms with Crippen LogP contribution in [0.3, 0.4) is 0 Å². The molecule has 0 amide bonds. The van der Waals surface area contributed by atoms with Crippen LogP contribution in [0.2, 0.25) is 0 Å². The second-order valence-corrected chi connectivity index (χ2v) is 2.69. The fraction of sp³-hybridized carbons (Fsp3) is 0.125. The van der Waals surface area contributed by atoms with Gasteiger partial charge in [0.15, 0.2) is 5.78 Å². The highest BCUT2D eigenvalue weighted by molar-refractivity contribution is 9.09. The van der Waals surface area contributed by atoms with E-state index >= 15 is 0 Å². The largest absolute Gasteiger partial charge is 0.293 e. The first kappa shape index (κ1) is 8.88. The zero-order chi connectivity index (χ0) is 8.97. The van der Waals surface area contributed by atoms with Crippen LogP contribution in [0, 0.1) is 11.3 Å². The number of hydrogen-bond acceptors (Lipinski definition) is 3. The predicted octanol–water partition coefficient (Wildman–Crippen LogP) is 1.53. The number of ketones is 1. The van der Waals surface area contributed by atoms with Gasteiger partial charge < -0.3 is 0 Å². The molecule has 0 fully saturated rings. The van der Waals surface area contributed by atoms with Gasteiger partial charge in [-0.3, -0.25) is 9.78 Å². The topological polar surface area (TPSA) is 53.8 Å². The molecule has 60 valence electrons. The Morgan fingerprint density at radius 3 is 3.00 bits per heavy atom. The summed E-state index contributed by atoms with van der Waals surface area (Å²) >= 11 is 3.04. The van der Waals surface area contributed by atoms with Crippen molar-refractivity contribution in [2.24, 2.45) is 0 Å². The first-order valence-electron chi connectivity index (χ1n) is 3.22. The second-order valence-electron chi connectivity index (χ2n) is 2.13. The first-order chi connectivity index (χ1) is 5.77. The Morgan fingerprint density at radius 2 is 2.42 bits per heavy atom. The van der Waals surface area contributed by atoms with Crippen LogP contribution in [-0.2, 0) is 0 Å². The number of nitrogens with zero attached hydrogens (tertiary/aromatic N) is 2. The minimum Gasteiger partial charge on any atom is -0.293 e. The van der Waals surface area contributed by atoms with E-state index in [2.05, 4.69) is 20.9 Å². The number of rotatable bonds is 2. The monoisotopic (exact) mass is 224 g/mol. The molecule has 0 bridgehead atoms. The molecule has 1 aromatic rings. The summed E-state index contributed by atoms with van der Waals surface area (Å²) in [6.07, 6.45) is 2.87. The van der Waals surface area contributed by atoms with Crippen molar-refractivity contribution in [2.75, 3.05) is 5.33 Å². The normalized spacial score (nSPS) is 9.00. The van der Waals surface area contributed by atoms with Crippen LogP contribution in [0.5, 0.6) is 0 Å². The highest BCUT2D eigenvalue weighted by Gasteiger charge is 2.04. The van der Waals surface area contributed by atoms with Crippen molar-refractivity contribution in [2.45, 2.75) is 0 Å². The van der Waals surface area contributed by atoms with Crippen LogP contribution in [-0.4, -0.2) is 16.1 Å². The fourth-order valence-corrected chi connectivity index (χ4v) is 1.05. The van der Waals surface area contributed by atoms with Gasteiger partial charge >= 0.3 is 0 Å². The summed E-state index contributed by atoms with van der Waals surface area (Å²) < 4.78 is 0. The Morgan fingerprint density at radius 1 is 1.67 bits per heavy atom. The van der Waals surface area contributed by atoms with Gasteiger partial charge in [0, 0.05) is 18.0 Å². The molecule has 0 aliphatic heterocycles. The van der Waals surface area contributed by atoms with Crippen LogP contribution < -0.4 is 0 Å². The molecule has 0 radical (unpaired) electrons. The summed E-state index contributed by atoms with van der Waals surface area (Å²) in [7, 11) is 0. The average molecular weight is 225 g/mol. The van der Waals surface area contributed by atoms with Gasteiger partial charge in [0.05, 0.1) is 10.9 Å². The summed E-state index contributed by atoms with van der Waals surface area (Å²) in [6.45, 7) is 0. The van der Waals surface area contributed by atoms with Gasteiger partial charge in [0.2, 0.25) is 0 Å². The molecule has 1 rings (SSSR count).